The Kier molecular flexibility index (Phi) is 7.02. The predicted octanol–water partition coefficient (Wildman–Crippen LogP) is 8.05. The van der Waals surface area contributed by atoms with Crippen LogP contribution >= 0.6 is 0 Å². The van der Waals surface area contributed by atoms with Gasteiger partial charge in [-0.3, -0.25) is 0 Å². The normalized spacial score (nSPS) is 12.6. The van der Waals surface area contributed by atoms with Crippen LogP contribution in [0.2, 0.25) is 0 Å². The van der Waals surface area contributed by atoms with Gasteiger partial charge >= 0.3 is 18.5 Å². The number of rotatable bonds is 4. The molecule has 0 spiro atoms. The van der Waals surface area contributed by atoms with Crippen molar-refractivity contribution in [2.75, 3.05) is 11.5 Å². The van der Waals surface area contributed by atoms with Gasteiger partial charge in [-0.25, -0.2) is 13.2 Å². The highest BCUT2D eigenvalue weighted by Gasteiger charge is 2.43. The Labute approximate surface area is 202 Å². The van der Waals surface area contributed by atoms with E-state index in [-0.39, 0.29) is 12.1 Å². The minimum Gasteiger partial charge on any atom is -0.450 e. The average molecular weight is 568 g/mol. The molecule has 38 heavy (non-hydrogen) atoms. The second kappa shape index (κ2) is 9.36. The third-order valence-corrected chi connectivity index (χ3v) is 4.71. The second-order valence-corrected chi connectivity index (χ2v) is 7.27. The molecule has 17 heteroatoms. The van der Waals surface area contributed by atoms with Crippen molar-refractivity contribution in [1.82, 2.24) is 0 Å². The van der Waals surface area contributed by atoms with E-state index in [9.17, 15) is 52.7 Å². The van der Waals surface area contributed by atoms with Crippen molar-refractivity contribution >= 4 is 11.4 Å². The first-order valence-corrected chi connectivity index (χ1v) is 9.50. The summed E-state index contributed by atoms with van der Waals surface area (Å²) in [5.41, 5.74) is 1.50. The maximum Gasteiger partial charge on any atom is 0.420 e. The fraction of sp³-hybridized carbons (Fsp3) is 0.143. The lowest BCUT2D eigenvalue weighted by molar-refractivity contribution is -0.140. The smallest absolute Gasteiger partial charge is 0.420 e. The van der Waals surface area contributed by atoms with Crippen molar-refractivity contribution in [3.8, 4) is 23.0 Å². The summed E-state index contributed by atoms with van der Waals surface area (Å²) in [7, 11) is 0. The van der Waals surface area contributed by atoms with Gasteiger partial charge in [0.05, 0.1) is 11.4 Å². The van der Waals surface area contributed by atoms with Crippen LogP contribution in [0.25, 0.3) is 0 Å². The Morgan fingerprint density at radius 3 is 1.18 bits per heavy atom. The molecule has 3 rings (SSSR count). The maximum atomic E-state index is 15.2. The monoisotopic (exact) mass is 568 g/mol. The highest BCUT2D eigenvalue weighted by atomic mass is 19.4. The molecule has 206 valence electrons. The molecule has 0 unspecified atom stereocenters. The van der Waals surface area contributed by atoms with E-state index < -0.39 is 98.9 Å². The van der Waals surface area contributed by atoms with Gasteiger partial charge in [0, 0.05) is 0 Å². The lowest BCUT2D eigenvalue weighted by Gasteiger charge is -2.21. The second-order valence-electron chi connectivity index (χ2n) is 7.27. The Hall–Kier alpha value is -4.05. The first-order chi connectivity index (χ1) is 17.2. The Bertz CT molecular complexity index is 1400. The highest BCUT2D eigenvalue weighted by molar-refractivity contribution is 5.57. The quantitative estimate of drug-likeness (QED) is 0.247. The fourth-order valence-corrected chi connectivity index (χ4v) is 2.98. The Morgan fingerprint density at radius 1 is 0.474 bits per heavy atom. The molecule has 0 bridgehead atoms. The molecule has 4 nitrogen and oxygen atoms in total. The van der Waals surface area contributed by atoms with E-state index in [0.717, 1.165) is 0 Å². The standard InChI is InChI=1S/C21H9F13N2O2/c22-9-5-8(21(32,33)34)17(37-15-6(19(26,27)28)1-3-10(35)12(15)23)14(25)18(9)38-16-7(20(29,30)31)2-4-11(36)13(16)24/h1-5H,35-36H2. The highest BCUT2D eigenvalue weighted by Crippen LogP contribution is 2.49. The van der Waals surface area contributed by atoms with Crippen LogP contribution in [0.15, 0.2) is 30.3 Å². The van der Waals surface area contributed by atoms with Gasteiger partial charge in [-0.1, -0.05) is 0 Å². The Balaban J connectivity index is 2.32. The molecular weight excluding hydrogens is 559 g/mol. The fourth-order valence-electron chi connectivity index (χ4n) is 2.98. The van der Waals surface area contributed by atoms with Crippen molar-refractivity contribution in [2.24, 2.45) is 0 Å². The summed E-state index contributed by atoms with van der Waals surface area (Å²) in [6.45, 7) is 0. The molecule has 3 aromatic rings. The molecule has 0 atom stereocenters. The maximum absolute atomic E-state index is 15.2. The molecule has 0 aliphatic carbocycles. The predicted molar refractivity (Wildman–Crippen MR) is 103 cm³/mol. The summed E-state index contributed by atoms with van der Waals surface area (Å²) in [6.07, 6.45) is -16.7. The SMILES string of the molecule is Nc1ccc(C(F)(F)F)c(Oc2c(F)cc(C(F)(F)F)c(Oc3c(C(F)(F)F)ccc(N)c3F)c2F)c1F. The van der Waals surface area contributed by atoms with Crippen LogP contribution in [0, 0.1) is 23.3 Å². The van der Waals surface area contributed by atoms with Gasteiger partial charge in [-0.05, 0) is 30.3 Å². The topological polar surface area (TPSA) is 70.5 Å². The van der Waals surface area contributed by atoms with Gasteiger partial charge < -0.3 is 20.9 Å². The number of hydrogen-bond acceptors (Lipinski definition) is 4. The lowest BCUT2D eigenvalue weighted by Crippen LogP contribution is -2.14. The minimum absolute atomic E-state index is 0.0670. The van der Waals surface area contributed by atoms with Crippen LogP contribution in [0.4, 0.5) is 68.5 Å². The van der Waals surface area contributed by atoms with Gasteiger partial charge in [-0.15, -0.1) is 0 Å². The molecule has 4 N–H and O–H groups in total. The van der Waals surface area contributed by atoms with E-state index in [4.69, 9.17) is 11.5 Å². The number of benzene rings is 3. The van der Waals surface area contributed by atoms with Gasteiger partial charge in [0.1, 0.15) is 16.7 Å². The zero-order valence-corrected chi connectivity index (χ0v) is 17.8. The van der Waals surface area contributed by atoms with E-state index in [1.165, 1.54) is 0 Å². The molecule has 0 amide bonds. The Morgan fingerprint density at radius 2 is 0.816 bits per heavy atom. The van der Waals surface area contributed by atoms with E-state index >= 15 is 4.39 Å². The van der Waals surface area contributed by atoms with E-state index in [1.54, 1.807) is 0 Å². The number of alkyl halides is 9. The van der Waals surface area contributed by atoms with Crippen molar-refractivity contribution < 1.29 is 66.5 Å². The van der Waals surface area contributed by atoms with Crippen molar-refractivity contribution in [2.45, 2.75) is 18.5 Å². The molecule has 3 aromatic carbocycles. The number of anilines is 2. The number of ether oxygens (including phenoxy) is 2. The van der Waals surface area contributed by atoms with Gasteiger partial charge in [0.2, 0.25) is 11.6 Å². The van der Waals surface area contributed by atoms with Crippen molar-refractivity contribution in [3.63, 3.8) is 0 Å². The number of hydrogen-bond donors (Lipinski definition) is 2. The summed E-state index contributed by atoms with van der Waals surface area (Å²) >= 11 is 0. The first-order valence-electron chi connectivity index (χ1n) is 9.50. The van der Waals surface area contributed by atoms with Crippen LogP contribution in [-0.4, -0.2) is 0 Å². The third kappa shape index (κ3) is 5.31. The summed E-state index contributed by atoms with van der Waals surface area (Å²) in [5, 5.41) is 0. The summed E-state index contributed by atoms with van der Waals surface area (Å²) in [6, 6.07) is 0.288. The van der Waals surface area contributed by atoms with Crippen molar-refractivity contribution in [3.05, 3.63) is 70.3 Å². The number of nitrogens with two attached hydrogens (primary N) is 2. The number of halogens is 13. The molecule has 0 saturated heterocycles. The van der Waals surface area contributed by atoms with Crippen LogP contribution in [0.3, 0.4) is 0 Å². The summed E-state index contributed by atoms with van der Waals surface area (Å²) < 4.78 is 187. The molecule has 0 saturated carbocycles. The zero-order valence-electron chi connectivity index (χ0n) is 17.8. The first kappa shape index (κ1) is 28.5. The molecular formula is C21H9F13N2O2. The molecule has 0 aromatic heterocycles. The average Bonchev–Trinajstić information content (AvgIpc) is 2.76. The largest absolute Gasteiger partial charge is 0.450 e. The van der Waals surface area contributed by atoms with Gasteiger partial charge in [0.25, 0.3) is 0 Å². The summed E-state index contributed by atoms with van der Waals surface area (Å²) in [5.74, 6) is -17.9. The minimum atomic E-state index is -5.79. The van der Waals surface area contributed by atoms with Crippen LogP contribution in [0.1, 0.15) is 16.7 Å². The molecule has 0 fully saturated rings. The zero-order chi connectivity index (χ0) is 29.0. The van der Waals surface area contributed by atoms with E-state index in [0.29, 0.717) is 12.1 Å². The lowest BCUT2D eigenvalue weighted by atomic mass is 10.1. The molecule has 0 aliphatic rings. The van der Waals surface area contributed by atoms with E-state index in [1.807, 2.05) is 0 Å². The van der Waals surface area contributed by atoms with Crippen LogP contribution in [0.5, 0.6) is 23.0 Å². The van der Waals surface area contributed by atoms with Crippen LogP contribution in [-0.2, 0) is 18.5 Å². The number of nitrogen functional groups attached to an aromatic ring is 2. The molecule has 0 radical (unpaired) electrons. The molecule has 0 aliphatic heterocycles. The van der Waals surface area contributed by atoms with Gasteiger partial charge in [0.15, 0.2) is 34.7 Å². The van der Waals surface area contributed by atoms with Crippen molar-refractivity contribution in [1.29, 1.82) is 0 Å². The van der Waals surface area contributed by atoms with Crippen LogP contribution < -0.4 is 20.9 Å². The molecule has 0 heterocycles. The van der Waals surface area contributed by atoms with Gasteiger partial charge in [-0.2, -0.15) is 43.9 Å². The summed E-state index contributed by atoms with van der Waals surface area (Å²) in [4.78, 5) is 0. The van der Waals surface area contributed by atoms with E-state index in [2.05, 4.69) is 9.47 Å². The third-order valence-electron chi connectivity index (χ3n) is 4.71.